The molecule has 0 unspecified atom stereocenters. The Hall–Kier alpha value is -5.61. The van der Waals surface area contributed by atoms with Crippen molar-refractivity contribution < 1.29 is 4.74 Å². The Morgan fingerprint density at radius 3 is 1.74 bits per heavy atom. The largest absolute Gasteiger partial charge is 0.480 e. The lowest BCUT2D eigenvalue weighted by atomic mass is 9.94. The number of ether oxygens (including phenoxy) is 1. The summed E-state index contributed by atoms with van der Waals surface area (Å²) in [6.07, 6.45) is 7.93. The van der Waals surface area contributed by atoms with E-state index < -0.39 is 5.60 Å². The van der Waals surface area contributed by atoms with Crippen LogP contribution in [-0.4, -0.2) is 5.60 Å². The molecule has 202 valence electrons. The molecule has 0 saturated heterocycles. The lowest BCUT2D eigenvalue weighted by Gasteiger charge is -2.25. The van der Waals surface area contributed by atoms with E-state index in [-0.39, 0.29) is 16.9 Å². The maximum atomic E-state index is 9.74. The maximum Gasteiger partial charge on any atom is 0.172 e. The molecule has 0 amide bonds. The van der Waals surface area contributed by atoms with Crippen molar-refractivity contribution in [2.45, 2.75) is 19.4 Å². The number of nitrogens with zero attached hydrogens (tertiary/aromatic N) is 4. The summed E-state index contributed by atoms with van der Waals surface area (Å²) in [5.41, 5.74) is 4.17. The van der Waals surface area contributed by atoms with Gasteiger partial charge in [0.2, 0.25) is 0 Å². The minimum absolute atomic E-state index is 0.0450. The van der Waals surface area contributed by atoms with Crippen LogP contribution in [0.3, 0.4) is 0 Å². The van der Waals surface area contributed by atoms with Crippen molar-refractivity contribution in [2.24, 2.45) is 0 Å². The number of hydrogen-bond acceptors (Lipinski definition) is 6. The third-order valence-electron chi connectivity index (χ3n) is 6.75. The minimum Gasteiger partial charge on any atom is -0.480 e. The van der Waals surface area contributed by atoms with Crippen molar-refractivity contribution in [3.8, 4) is 18.2 Å². The van der Waals surface area contributed by atoms with Gasteiger partial charge in [-0.3, -0.25) is 0 Å². The first-order valence-electron chi connectivity index (χ1n) is 13.3. The molecule has 3 aromatic carbocycles. The average Bonchev–Trinajstić information content (AvgIpc) is 3.58. The number of thiophene rings is 1. The van der Waals surface area contributed by atoms with Gasteiger partial charge in [-0.25, -0.2) is 0 Å². The summed E-state index contributed by atoms with van der Waals surface area (Å²) in [7, 11) is 0. The van der Waals surface area contributed by atoms with E-state index in [0.717, 1.165) is 32.4 Å². The van der Waals surface area contributed by atoms with Crippen LogP contribution in [0.15, 0.2) is 126 Å². The predicted octanol–water partition coefficient (Wildman–Crippen LogP) is 9.33. The summed E-state index contributed by atoms with van der Waals surface area (Å²) in [6.45, 7) is 3.63. The molecule has 1 aliphatic heterocycles. The molecular formula is C36H26N4OS. The minimum atomic E-state index is -0.835. The number of allylic oxidation sites excluding steroid dienone is 2. The number of rotatable bonds is 7. The van der Waals surface area contributed by atoms with Crippen molar-refractivity contribution in [2.75, 3.05) is 4.90 Å². The van der Waals surface area contributed by atoms with Gasteiger partial charge in [-0.2, -0.15) is 15.8 Å². The first kappa shape index (κ1) is 27.9. The van der Waals surface area contributed by atoms with Gasteiger partial charge in [0.15, 0.2) is 11.3 Å². The van der Waals surface area contributed by atoms with Crippen LogP contribution in [0.1, 0.15) is 29.2 Å². The molecule has 42 heavy (non-hydrogen) atoms. The van der Waals surface area contributed by atoms with E-state index >= 15 is 0 Å². The Labute approximate surface area is 250 Å². The molecule has 0 radical (unpaired) electrons. The Bertz CT molecular complexity index is 1780. The van der Waals surface area contributed by atoms with Crippen molar-refractivity contribution in [3.05, 3.63) is 141 Å². The summed E-state index contributed by atoms with van der Waals surface area (Å²) >= 11 is 1.62. The van der Waals surface area contributed by atoms with Gasteiger partial charge in [0, 0.05) is 32.4 Å². The molecular weight excluding hydrogens is 536 g/mol. The van der Waals surface area contributed by atoms with E-state index in [1.165, 1.54) is 0 Å². The number of hydrogen-bond donors (Lipinski definition) is 0. The Balaban J connectivity index is 1.34. The summed E-state index contributed by atoms with van der Waals surface area (Å²) in [5.74, 6) is 0.0450. The van der Waals surface area contributed by atoms with Gasteiger partial charge in [-0.05, 0) is 80.1 Å². The zero-order chi connectivity index (χ0) is 29.5. The predicted molar refractivity (Wildman–Crippen MR) is 169 cm³/mol. The molecule has 0 N–H and O–H groups in total. The van der Waals surface area contributed by atoms with E-state index in [4.69, 9.17) is 4.74 Å². The van der Waals surface area contributed by atoms with Gasteiger partial charge in [0.05, 0.1) is 0 Å². The second kappa shape index (κ2) is 12.3. The molecule has 4 aromatic rings. The first-order chi connectivity index (χ1) is 20.4. The third kappa shape index (κ3) is 5.93. The molecule has 2 heterocycles. The van der Waals surface area contributed by atoms with E-state index in [2.05, 4.69) is 71.7 Å². The van der Waals surface area contributed by atoms with E-state index in [1.54, 1.807) is 11.3 Å². The molecule has 1 aliphatic rings. The quantitative estimate of drug-likeness (QED) is 0.210. The Morgan fingerprint density at radius 2 is 1.21 bits per heavy atom. The molecule has 0 spiro atoms. The zero-order valence-corrected chi connectivity index (χ0v) is 24.0. The van der Waals surface area contributed by atoms with Crippen LogP contribution in [0.25, 0.3) is 18.2 Å². The van der Waals surface area contributed by atoms with Crippen LogP contribution in [0.2, 0.25) is 0 Å². The smallest absolute Gasteiger partial charge is 0.172 e. The molecule has 0 aliphatic carbocycles. The Kier molecular flexibility index (Phi) is 8.17. The molecule has 0 bridgehead atoms. The zero-order valence-electron chi connectivity index (χ0n) is 23.2. The second-order valence-corrected chi connectivity index (χ2v) is 11.1. The lowest BCUT2D eigenvalue weighted by Crippen LogP contribution is -2.20. The van der Waals surface area contributed by atoms with Gasteiger partial charge in [-0.15, -0.1) is 11.3 Å². The van der Waals surface area contributed by atoms with Crippen LogP contribution in [-0.2, 0) is 4.74 Å². The molecule has 0 fully saturated rings. The highest BCUT2D eigenvalue weighted by atomic mass is 32.1. The van der Waals surface area contributed by atoms with Gasteiger partial charge in [-0.1, -0.05) is 60.7 Å². The van der Waals surface area contributed by atoms with E-state index in [0.29, 0.717) is 5.57 Å². The molecule has 0 saturated carbocycles. The fourth-order valence-electron chi connectivity index (χ4n) is 4.71. The highest BCUT2D eigenvalue weighted by molar-refractivity contribution is 7.13. The number of anilines is 3. The van der Waals surface area contributed by atoms with E-state index in [9.17, 15) is 15.8 Å². The van der Waals surface area contributed by atoms with Crippen LogP contribution in [0.5, 0.6) is 0 Å². The monoisotopic (exact) mass is 562 g/mol. The number of nitriles is 3. The Morgan fingerprint density at radius 1 is 0.690 bits per heavy atom. The molecule has 1 aromatic heterocycles. The molecule has 5 rings (SSSR count). The van der Waals surface area contributed by atoms with Crippen molar-refractivity contribution >= 4 is 46.6 Å². The normalized spacial score (nSPS) is 13.9. The van der Waals surface area contributed by atoms with Gasteiger partial charge in [0.25, 0.3) is 0 Å². The van der Waals surface area contributed by atoms with Gasteiger partial charge in [0.1, 0.15) is 29.4 Å². The lowest BCUT2D eigenvalue weighted by molar-refractivity contribution is 0.0954. The topological polar surface area (TPSA) is 83.8 Å². The average molecular weight is 563 g/mol. The summed E-state index contributed by atoms with van der Waals surface area (Å²) in [5, 5.41) is 28.3. The van der Waals surface area contributed by atoms with Crippen LogP contribution in [0.4, 0.5) is 17.1 Å². The standard InChI is InChI=1S/C36H26N4OS/c1-36(2)34(33(25-39)35(41-36)27(23-37)24-38)22-21-32-20-19-31(42-32)18-15-26-13-16-30(17-14-26)40(28-9-5-3-6-10-28)29-11-7-4-8-12-29/h3-22H,1-2H3/b18-15+,22-21+. The maximum absolute atomic E-state index is 9.74. The van der Waals surface area contributed by atoms with Crippen LogP contribution >= 0.6 is 11.3 Å². The fraction of sp³-hybridized carbons (Fsp3) is 0.0833. The third-order valence-corrected chi connectivity index (χ3v) is 7.76. The second-order valence-electron chi connectivity index (χ2n) is 9.95. The number of benzene rings is 3. The highest BCUT2D eigenvalue weighted by Gasteiger charge is 2.38. The molecule has 0 atom stereocenters. The summed E-state index contributed by atoms with van der Waals surface area (Å²) < 4.78 is 5.84. The van der Waals surface area contributed by atoms with Crippen LogP contribution in [0, 0.1) is 34.0 Å². The summed E-state index contributed by atoms with van der Waals surface area (Å²) in [4.78, 5) is 4.32. The molecule has 6 heteroatoms. The van der Waals surface area contributed by atoms with Crippen molar-refractivity contribution in [1.82, 2.24) is 0 Å². The van der Waals surface area contributed by atoms with Crippen LogP contribution < -0.4 is 4.90 Å². The fourth-order valence-corrected chi connectivity index (χ4v) is 5.53. The number of para-hydroxylation sites is 2. The van der Waals surface area contributed by atoms with Crippen molar-refractivity contribution in [1.29, 1.82) is 15.8 Å². The first-order valence-corrected chi connectivity index (χ1v) is 14.1. The van der Waals surface area contributed by atoms with Crippen molar-refractivity contribution in [3.63, 3.8) is 0 Å². The summed E-state index contributed by atoms with van der Waals surface area (Å²) in [6, 6.07) is 38.9. The highest BCUT2D eigenvalue weighted by Crippen LogP contribution is 2.40. The van der Waals surface area contributed by atoms with E-state index in [1.807, 2.05) is 86.7 Å². The van der Waals surface area contributed by atoms with Gasteiger partial charge < -0.3 is 9.64 Å². The molecule has 5 nitrogen and oxygen atoms in total. The SMILES string of the molecule is CC1(C)OC(=C(C#N)C#N)C(C#N)=C1/C=C/c1ccc(/C=C/c2ccc(N(c3ccccc3)c3ccccc3)cc2)s1. The van der Waals surface area contributed by atoms with Gasteiger partial charge >= 0.3 is 0 Å².